The summed E-state index contributed by atoms with van der Waals surface area (Å²) < 4.78 is 38.7. The van der Waals surface area contributed by atoms with E-state index < -0.39 is 74.6 Å². The van der Waals surface area contributed by atoms with Crippen LogP contribution in [0.4, 0.5) is 0 Å². The summed E-state index contributed by atoms with van der Waals surface area (Å²) in [5.74, 6) is 1.17. The summed E-state index contributed by atoms with van der Waals surface area (Å²) in [6.07, 6.45) is -14.7. The summed E-state index contributed by atoms with van der Waals surface area (Å²) in [6, 6.07) is 9.36. The second kappa shape index (κ2) is 12.0. The van der Waals surface area contributed by atoms with E-state index in [1.807, 2.05) is 0 Å². The molecule has 0 amide bonds. The fourth-order valence-electron chi connectivity index (χ4n) is 5.23. The van der Waals surface area contributed by atoms with Crippen LogP contribution < -0.4 is 19.6 Å². The topological polar surface area (TPSA) is 227 Å². The van der Waals surface area contributed by atoms with Gasteiger partial charge in [-0.2, -0.15) is 0 Å². The lowest BCUT2D eigenvalue weighted by atomic mass is 9.97. The van der Waals surface area contributed by atoms with Gasteiger partial charge in [-0.15, -0.1) is 0 Å². The summed E-state index contributed by atoms with van der Waals surface area (Å²) in [5.41, 5.74) is 0.693. The number of aliphatic hydroxyl groups excluding tert-OH is 7. The number of fused-ring (bicyclic) bond motifs is 2. The molecule has 3 aliphatic heterocycles. The van der Waals surface area contributed by atoms with Crippen LogP contribution in [0.3, 0.4) is 0 Å². The first-order chi connectivity index (χ1) is 20.7. The Morgan fingerprint density at radius 3 is 2.26 bits per heavy atom. The minimum Gasteiger partial charge on any atom is -0.463 e. The van der Waals surface area contributed by atoms with E-state index in [1.54, 1.807) is 18.2 Å². The maximum Gasteiger partial charge on any atom is 0.231 e. The fourth-order valence-corrected chi connectivity index (χ4v) is 5.23. The highest BCUT2D eigenvalue weighted by Crippen LogP contribution is 2.36. The van der Waals surface area contributed by atoms with Gasteiger partial charge in [0.15, 0.2) is 23.2 Å². The van der Waals surface area contributed by atoms with Crippen molar-refractivity contribution in [2.75, 3.05) is 20.0 Å². The van der Waals surface area contributed by atoms with Crippen LogP contribution in [0.2, 0.25) is 0 Å². The molecule has 1 aromatic heterocycles. The lowest BCUT2D eigenvalue weighted by molar-refractivity contribution is -0.352. The van der Waals surface area contributed by atoms with Crippen LogP contribution in [0.1, 0.15) is 0 Å². The van der Waals surface area contributed by atoms with Crippen LogP contribution in [-0.4, -0.2) is 117 Å². The van der Waals surface area contributed by atoms with Gasteiger partial charge in [-0.1, -0.05) is 6.07 Å². The van der Waals surface area contributed by atoms with Gasteiger partial charge in [0, 0.05) is 6.07 Å². The van der Waals surface area contributed by atoms with Crippen molar-refractivity contribution in [3.05, 3.63) is 52.9 Å². The third kappa shape index (κ3) is 5.44. The number of hydrogen-bond donors (Lipinski definition) is 7. The van der Waals surface area contributed by atoms with Gasteiger partial charge in [0.2, 0.25) is 13.1 Å². The van der Waals surface area contributed by atoms with Gasteiger partial charge in [0.05, 0.1) is 24.2 Å². The number of rotatable bonds is 7. The largest absolute Gasteiger partial charge is 0.463 e. The molecule has 0 bridgehead atoms. The van der Waals surface area contributed by atoms with E-state index >= 15 is 0 Å². The number of benzene rings is 2. The zero-order valence-electron chi connectivity index (χ0n) is 22.3. The van der Waals surface area contributed by atoms with Crippen molar-refractivity contribution < 1.29 is 68.6 Å². The molecule has 0 radical (unpaired) electrons. The molecular weight excluding hydrogens is 576 g/mol. The molecule has 0 unspecified atom stereocenters. The molecule has 2 saturated heterocycles. The molecule has 10 atom stereocenters. The molecule has 7 N–H and O–H groups in total. The van der Waals surface area contributed by atoms with E-state index in [1.165, 1.54) is 24.5 Å². The van der Waals surface area contributed by atoms with Crippen molar-refractivity contribution in [2.24, 2.45) is 0 Å². The number of hydrogen-bond acceptors (Lipinski definition) is 15. The van der Waals surface area contributed by atoms with Gasteiger partial charge in [0.25, 0.3) is 0 Å². The molecule has 3 aliphatic rings. The predicted octanol–water partition coefficient (Wildman–Crippen LogP) is -1.81. The summed E-state index contributed by atoms with van der Waals surface area (Å²) in [6.45, 7) is -1.34. The van der Waals surface area contributed by atoms with Crippen LogP contribution in [0.5, 0.6) is 17.2 Å². The highest BCUT2D eigenvalue weighted by molar-refractivity contribution is 5.83. The molecule has 2 fully saturated rings. The van der Waals surface area contributed by atoms with E-state index in [0.29, 0.717) is 22.6 Å². The van der Waals surface area contributed by atoms with Crippen molar-refractivity contribution >= 4 is 11.0 Å². The van der Waals surface area contributed by atoms with Crippen LogP contribution in [0, 0.1) is 0 Å². The Balaban J connectivity index is 1.22. The van der Waals surface area contributed by atoms with Crippen LogP contribution in [0.15, 0.2) is 51.9 Å². The molecule has 3 aromatic rings. The molecule has 2 aromatic carbocycles. The van der Waals surface area contributed by atoms with Crippen molar-refractivity contribution in [3.8, 4) is 28.4 Å². The van der Waals surface area contributed by atoms with Gasteiger partial charge in [-0.3, -0.25) is 4.79 Å². The Bertz CT molecular complexity index is 1510. The first-order valence-electron chi connectivity index (χ1n) is 13.4. The maximum atomic E-state index is 13.3. The van der Waals surface area contributed by atoms with Crippen molar-refractivity contribution in [3.63, 3.8) is 0 Å². The second-order valence-electron chi connectivity index (χ2n) is 10.3. The lowest BCUT2D eigenvalue weighted by Crippen LogP contribution is -2.65. The Morgan fingerprint density at radius 1 is 0.767 bits per heavy atom. The quantitative estimate of drug-likeness (QED) is 0.157. The minimum absolute atomic E-state index is 0.0892. The third-order valence-corrected chi connectivity index (χ3v) is 7.64. The molecule has 0 saturated carbocycles. The summed E-state index contributed by atoms with van der Waals surface area (Å²) in [5, 5.41) is 71.6. The molecule has 0 spiro atoms. The van der Waals surface area contributed by atoms with E-state index in [0.717, 1.165) is 0 Å². The van der Waals surface area contributed by atoms with E-state index in [-0.39, 0.29) is 28.9 Å². The van der Waals surface area contributed by atoms with Crippen molar-refractivity contribution in [1.29, 1.82) is 0 Å². The molecule has 0 aliphatic carbocycles. The van der Waals surface area contributed by atoms with Crippen LogP contribution in [0.25, 0.3) is 22.1 Å². The average molecular weight is 607 g/mol. The van der Waals surface area contributed by atoms with Crippen LogP contribution in [-0.2, 0) is 14.2 Å². The van der Waals surface area contributed by atoms with Crippen molar-refractivity contribution in [2.45, 2.75) is 61.4 Å². The third-order valence-electron chi connectivity index (χ3n) is 7.64. The zero-order chi connectivity index (χ0) is 30.4. The fraction of sp³-hybridized carbons (Fsp3) is 0.464. The summed E-state index contributed by atoms with van der Waals surface area (Å²) in [4.78, 5) is 13.3. The lowest BCUT2D eigenvalue weighted by Gasteiger charge is -2.45. The summed E-state index contributed by atoms with van der Waals surface area (Å²) >= 11 is 0. The smallest absolute Gasteiger partial charge is 0.231 e. The monoisotopic (exact) mass is 606 g/mol. The SMILES string of the molecule is O=c1c(-c2ccc3c(c2)OCO3)coc2cc(O[C@@H]3O[C@H](CO)[C@@H](O)[C@H](O[C@@H]4O[C@H](CO)[C@@H](O)[C@H](O)[C@H]4O)[C@H]3O)ccc12. The Kier molecular flexibility index (Phi) is 8.27. The van der Waals surface area contributed by atoms with Gasteiger partial charge >= 0.3 is 0 Å². The van der Waals surface area contributed by atoms with Crippen LogP contribution >= 0.6 is 0 Å². The first kappa shape index (κ1) is 29.7. The van der Waals surface area contributed by atoms with Gasteiger partial charge < -0.3 is 68.6 Å². The van der Waals surface area contributed by atoms with E-state index in [9.17, 15) is 40.5 Å². The van der Waals surface area contributed by atoms with Crippen molar-refractivity contribution in [1.82, 2.24) is 0 Å². The number of aliphatic hydroxyl groups is 7. The number of ether oxygens (including phenoxy) is 6. The first-order valence-corrected chi connectivity index (χ1v) is 13.4. The molecular formula is C28H30O15. The standard InChI is InChI=1S/C28H30O15/c29-7-18-21(32)23(34)24(35)27(41-18)43-26-22(33)19(8-30)42-28(25(26)36)40-12-2-3-13-16(6-12)37-9-14(20(13)31)11-1-4-15-17(5-11)39-10-38-15/h1-6,9,18-19,21-30,32-36H,7-8,10H2/t18-,19-,21-,22-,23+,24-,25-,26+,27+,28-/m1/s1. The van der Waals surface area contributed by atoms with E-state index in [2.05, 4.69) is 0 Å². The zero-order valence-corrected chi connectivity index (χ0v) is 22.3. The normalized spacial score (nSPS) is 33.9. The molecule has 15 heteroatoms. The molecule has 6 rings (SSSR count). The highest BCUT2D eigenvalue weighted by Gasteiger charge is 2.51. The Morgan fingerprint density at radius 2 is 1.49 bits per heavy atom. The molecule has 232 valence electrons. The van der Waals surface area contributed by atoms with E-state index in [4.69, 9.17) is 32.8 Å². The minimum atomic E-state index is -1.81. The maximum absolute atomic E-state index is 13.3. The summed E-state index contributed by atoms with van der Waals surface area (Å²) in [7, 11) is 0. The molecule has 43 heavy (non-hydrogen) atoms. The highest BCUT2D eigenvalue weighted by atomic mass is 16.7. The average Bonchev–Trinajstić information content (AvgIpc) is 3.49. The van der Waals surface area contributed by atoms with Gasteiger partial charge in [-0.25, -0.2) is 0 Å². The van der Waals surface area contributed by atoms with Gasteiger partial charge in [0.1, 0.15) is 66.4 Å². The molecule has 15 nitrogen and oxygen atoms in total. The molecule has 4 heterocycles. The van der Waals surface area contributed by atoms with Gasteiger partial charge in [-0.05, 0) is 29.8 Å². The Hall–Kier alpha value is -3.35. The predicted molar refractivity (Wildman–Crippen MR) is 141 cm³/mol. The Labute approximate surface area is 242 Å². The second-order valence-corrected chi connectivity index (χ2v) is 10.3.